The van der Waals surface area contributed by atoms with Crippen LogP contribution in [-0.2, 0) is 0 Å². The lowest BCUT2D eigenvalue weighted by atomic mass is 10.0. The van der Waals surface area contributed by atoms with Gasteiger partial charge in [0.15, 0.2) is 0 Å². The van der Waals surface area contributed by atoms with Crippen LogP contribution in [-0.4, -0.2) is 25.0 Å². The Morgan fingerprint density at radius 3 is 2.00 bits per heavy atom. The molecule has 0 heterocycles. The quantitative estimate of drug-likeness (QED) is 0.549. The van der Waals surface area contributed by atoms with Crippen LogP contribution >= 0.6 is 0 Å². The summed E-state index contributed by atoms with van der Waals surface area (Å²) < 4.78 is 0. The molecule has 1 aliphatic rings. The van der Waals surface area contributed by atoms with Crippen LogP contribution < -0.4 is 5.32 Å². The van der Waals surface area contributed by atoms with Crippen molar-refractivity contribution in [2.24, 2.45) is 0 Å². The number of rotatable bonds is 8. The Morgan fingerprint density at radius 1 is 0.963 bits per heavy atom. The molecule has 0 aromatic heterocycles. The summed E-state index contributed by atoms with van der Waals surface area (Å²) in [7, 11) is 2.17. The Balaban J connectivity index is 1.62. The van der Waals surface area contributed by atoms with E-state index in [1.807, 2.05) is 0 Å². The molecule has 3 rings (SSSR count). The van der Waals surface area contributed by atoms with E-state index in [1.54, 1.807) is 5.57 Å². The first kappa shape index (κ1) is 19.4. The maximum absolute atomic E-state index is 3.64. The van der Waals surface area contributed by atoms with Crippen molar-refractivity contribution in [3.8, 4) is 0 Å². The zero-order valence-electron chi connectivity index (χ0n) is 17.1. The van der Waals surface area contributed by atoms with Crippen molar-refractivity contribution < 1.29 is 0 Å². The molecule has 1 saturated carbocycles. The highest BCUT2D eigenvalue weighted by Gasteiger charge is 2.18. The van der Waals surface area contributed by atoms with Gasteiger partial charge in [-0.15, -0.1) is 0 Å². The number of allylic oxidation sites excluding steroid dienone is 1. The van der Waals surface area contributed by atoms with E-state index in [9.17, 15) is 0 Å². The van der Waals surface area contributed by atoms with Crippen LogP contribution in [0.5, 0.6) is 0 Å². The van der Waals surface area contributed by atoms with Gasteiger partial charge in [0.1, 0.15) is 0 Å². The molecule has 0 unspecified atom stereocenters. The number of likely N-dealkylation sites (N-methyl/N-ethyl adjacent to an activating group) is 1. The molecule has 142 valence electrons. The minimum absolute atomic E-state index is 0.579. The van der Waals surface area contributed by atoms with E-state index in [4.69, 9.17) is 0 Å². The fourth-order valence-corrected chi connectivity index (χ4v) is 3.02. The molecule has 27 heavy (non-hydrogen) atoms. The molecule has 0 amide bonds. The van der Waals surface area contributed by atoms with Gasteiger partial charge in [-0.1, -0.05) is 69.3 Å². The van der Waals surface area contributed by atoms with Gasteiger partial charge in [0.25, 0.3) is 0 Å². The first-order chi connectivity index (χ1) is 13.0. The smallest absolute Gasteiger partial charge is 0.0382 e. The van der Waals surface area contributed by atoms with Crippen molar-refractivity contribution in [1.29, 1.82) is 0 Å². The van der Waals surface area contributed by atoms with Crippen LogP contribution in [0.2, 0.25) is 0 Å². The molecule has 0 spiro atoms. The minimum atomic E-state index is 0.579. The van der Waals surface area contributed by atoms with Gasteiger partial charge < -0.3 is 10.2 Å². The highest BCUT2D eigenvalue weighted by molar-refractivity contribution is 5.70. The number of hydrogen-bond donors (Lipinski definition) is 1. The number of anilines is 1. The lowest BCUT2D eigenvalue weighted by molar-refractivity contribution is 0.384. The molecular formula is C25H32N2. The normalized spacial score (nSPS) is 13.6. The van der Waals surface area contributed by atoms with E-state index < -0.39 is 0 Å². The van der Waals surface area contributed by atoms with Crippen molar-refractivity contribution >= 4 is 17.8 Å². The van der Waals surface area contributed by atoms with E-state index in [-0.39, 0.29) is 0 Å². The van der Waals surface area contributed by atoms with Crippen LogP contribution in [0.1, 0.15) is 56.2 Å². The second-order valence-corrected chi connectivity index (χ2v) is 7.81. The van der Waals surface area contributed by atoms with Crippen LogP contribution in [0.15, 0.2) is 59.8 Å². The van der Waals surface area contributed by atoms with Gasteiger partial charge in [0.2, 0.25) is 0 Å². The van der Waals surface area contributed by atoms with Crippen LogP contribution in [0.4, 0.5) is 5.69 Å². The Kier molecular flexibility index (Phi) is 6.52. The van der Waals surface area contributed by atoms with Gasteiger partial charge in [0.05, 0.1) is 0 Å². The fraction of sp³-hybridized carbons (Fsp3) is 0.360. The summed E-state index contributed by atoms with van der Waals surface area (Å²) in [6.45, 7) is 8.73. The summed E-state index contributed by atoms with van der Waals surface area (Å²) in [6, 6.07) is 17.5. The molecule has 0 saturated heterocycles. The molecule has 2 heteroatoms. The summed E-state index contributed by atoms with van der Waals surface area (Å²) in [6.07, 6.45) is 6.85. The second-order valence-electron chi connectivity index (χ2n) is 7.81. The van der Waals surface area contributed by atoms with E-state index >= 15 is 0 Å². The number of hydrogen-bond acceptors (Lipinski definition) is 2. The monoisotopic (exact) mass is 360 g/mol. The topological polar surface area (TPSA) is 15.3 Å². The Bertz CT molecular complexity index is 789. The third kappa shape index (κ3) is 5.83. The van der Waals surface area contributed by atoms with Gasteiger partial charge in [-0.05, 0) is 66.7 Å². The molecule has 2 aromatic carbocycles. The summed E-state index contributed by atoms with van der Waals surface area (Å²) in [5.74, 6) is 0.579. The third-order valence-electron chi connectivity index (χ3n) is 5.17. The second kappa shape index (κ2) is 9.05. The standard InChI is InChI=1S/C25H32N2/c1-5-27(4)18-25(23-14-15-23)26-24-16-10-21(11-17-24)7-6-20-8-12-22(13-9-20)19(2)3/h6-13,16-17,19,26H,5,14-15,18H2,1-4H3/b7-6+. The number of nitrogens with zero attached hydrogens (tertiary/aromatic N) is 1. The maximum atomic E-state index is 3.64. The van der Waals surface area contributed by atoms with Crippen LogP contribution in [0, 0.1) is 0 Å². The number of nitrogens with one attached hydrogen (secondary N) is 1. The first-order valence-corrected chi connectivity index (χ1v) is 10.1. The first-order valence-electron chi connectivity index (χ1n) is 10.1. The highest BCUT2D eigenvalue weighted by atomic mass is 15.1. The van der Waals surface area contributed by atoms with Crippen molar-refractivity contribution in [1.82, 2.24) is 4.90 Å². The predicted molar refractivity (Wildman–Crippen MR) is 119 cm³/mol. The predicted octanol–water partition coefficient (Wildman–Crippen LogP) is 6.39. The van der Waals surface area contributed by atoms with Crippen molar-refractivity contribution in [3.63, 3.8) is 0 Å². The Hall–Kier alpha value is -2.32. The van der Waals surface area contributed by atoms with Gasteiger partial charge >= 0.3 is 0 Å². The van der Waals surface area contributed by atoms with Gasteiger partial charge in [-0.2, -0.15) is 0 Å². The van der Waals surface area contributed by atoms with E-state index in [0.29, 0.717) is 5.92 Å². The Labute approximate surface area is 164 Å². The average Bonchev–Trinajstić information content (AvgIpc) is 3.52. The number of benzene rings is 2. The molecule has 2 nitrogen and oxygen atoms in total. The summed E-state index contributed by atoms with van der Waals surface area (Å²) in [5, 5.41) is 3.64. The Morgan fingerprint density at radius 2 is 1.52 bits per heavy atom. The highest BCUT2D eigenvalue weighted by Crippen LogP contribution is 2.32. The largest absolute Gasteiger partial charge is 0.358 e. The van der Waals surface area contributed by atoms with Crippen molar-refractivity contribution in [2.45, 2.75) is 39.5 Å². The zero-order valence-corrected chi connectivity index (χ0v) is 17.1. The molecule has 2 aromatic rings. The summed E-state index contributed by atoms with van der Waals surface area (Å²) in [4.78, 5) is 2.34. The van der Waals surface area contributed by atoms with Crippen molar-refractivity contribution in [3.05, 3.63) is 76.5 Å². The molecule has 1 aliphatic carbocycles. The van der Waals surface area contributed by atoms with E-state index in [0.717, 1.165) is 13.1 Å². The summed E-state index contributed by atoms with van der Waals surface area (Å²) >= 11 is 0. The van der Waals surface area contributed by atoms with Gasteiger partial charge in [-0.3, -0.25) is 0 Å². The lowest BCUT2D eigenvalue weighted by Crippen LogP contribution is -2.23. The minimum Gasteiger partial charge on any atom is -0.358 e. The zero-order chi connectivity index (χ0) is 19.2. The molecular weight excluding hydrogens is 328 g/mol. The average molecular weight is 361 g/mol. The SMILES string of the molecule is CCN(C)CC(Nc1ccc(/C=C/c2ccc(C(C)C)cc2)cc1)=C1CC1. The van der Waals surface area contributed by atoms with E-state index in [1.165, 1.54) is 40.9 Å². The van der Waals surface area contributed by atoms with Crippen molar-refractivity contribution in [2.75, 3.05) is 25.5 Å². The lowest BCUT2D eigenvalue weighted by Gasteiger charge is -2.18. The summed E-state index contributed by atoms with van der Waals surface area (Å²) in [5.41, 5.74) is 7.98. The molecule has 1 N–H and O–H groups in total. The van der Waals surface area contributed by atoms with Crippen LogP contribution in [0.25, 0.3) is 12.2 Å². The third-order valence-corrected chi connectivity index (χ3v) is 5.17. The molecule has 0 bridgehead atoms. The molecule has 0 atom stereocenters. The molecule has 0 aliphatic heterocycles. The molecule has 0 radical (unpaired) electrons. The molecule has 1 fully saturated rings. The van der Waals surface area contributed by atoms with Gasteiger partial charge in [0, 0.05) is 17.9 Å². The maximum Gasteiger partial charge on any atom is 0.0382 e. The van der Waals surface area contributed by atoms with Gasteiger partial charge in [-0.25, -0.2) is 0 Å². The fourth-order valence-electron chi connectivity index (χ4n) is 3.02. The van der Waals surface area contributed by atoms with E-state index in [2.05, 4.69) is 98.7 Å². The van der Waals surface area contributed by atoms with Crippen LogP contribution in [0.3, 0.4) is 0 Å².